The van der Waals surface area contributed by atoms with E-state index < -0.39 is 0 Å². The van der Waals surface area contributed by atoms with E-state index in [0.29, 0.717) is 16.4 Å². The van der Waals surface area contributed by atoms with Crippen LogP contribution in [-0.4, -0.2) is 29.8 Å². The molecule has 0 atom stereocenters. The lowest BCUT2D eigenvalue weighted by molar-refractivity contribution is 0.105. The number of thiophene rings is 1. The molecule has 0 N–H and O–H groups in total. The highest BCUT2D eigenvalue weighted by Crippen LogP contribution is 2.33. The van der Waals surface area contributed by atoms with Gasteiger partial charge < -0.3 is 9.47 Å². The van der Waals surface area contributed by atoms with Gasteiger partial charge in [-0.2, -0.15) is 5.10 Å². The first-order chi connectivity index (χ1) is 14.7. The molecule has 2 aromatic carbocycles. The van der Waals surface area contributed by atoms with E-state index in [4.69, 9.17) is 14.6 Å². The Labute approximate surface area is 178 Å². The highest BCUT2D eigenvalue weighted by molar-refractivity contribution is 7.12. The van der Waals surface area contributed by atoms with Gasteiger partial charge in [0.05, 0.1) is 24.8 Å². The Morgan fingerprint density at radius 2 is 1.80 bits per heavy atom. The third kappa shape index (κ3) is 4.04. The van der Waals surface area contributed by atoms with Gasteiger partial charge in [-0.3, -0.25) is 4.79 Å². The molecule has 5 nitrogen and oxygen atoms in total. The number of carbonyl (C=O) groups excluding carboxylic acids is 1. The lowest BCUT2D eigenvalue weighted by Crippen LogP contribution is -1.95. The molecule has 150 valence electrons. The molecule has 4 aromatic rings. The zero-order valence-corrected chi connectivity index (χ0v) is 17.4. The van der Waals surface area contributed by atoms with E-state index >= 15 is 0 Å². The molecule has 0 aliphatic rings. The van der Waals surface area contributed by atoms with Crippen LogP contribution in [0.25, 0.3) is 23.0 Å². The predicted molar refractivity (Wildman–Crippen MR) is 120 cm³/mol. The molecule has 0 amide bonds. The van der Waals surface area contributed by atoms with Crippen molar-refractivity contribution in [2.75, 3.05) is 14.2 Å². The smallest absolute Gasteiger partial charge is 0.195 e. The molecule has 0 saturated heterocycles. The summed E-state index contributed by atoms with van der Waals surface area (Å²) >= 11 is 1.43. The Balaban J connectivity index is 1.78. The average Bonchev–Trinajstić information content (AvgIpc) is 3.48. The number of hydrogen-bond acceptors (Lipinski definition) is 5. The van der Waals surface area contributed by atoms with Crippen molar-refractivity contribution in [1.29, 1.82) is 0 Å². The lowest BCUT2D eigenvalue weighted by Gasteiger charge is -2.09. The predicted octanol–water partition coefficient (Wildman–Crippen LogP) is 5.51. The van der Waals surface area contributed by atoms with Crippen LogP contribution in [0.3, 0.4) is 0 Å². The highest BCUT2D eigenvalue weighted by Gasteiger charge is 2.14. The van der Waals surface area contributed by atoms with Crippen LogP contribution in [0.2, 0.25) is 0 Å². The zero-order chi connectivity index (χ0) is 20.9. The van der Waals surface area contributed by atoms with Crippen molar-refractivity contribution in [2.24, 2.45) is 0 Å². The summed E-state index contributed by atoms with van der Waals surface area (Å²) < 4.78 is 12.6. The minimum atomic E-state index is -0.0317. The molecular weight excluding hydrogens is 396 g/mol. The topological polar surface area (TPSA) is 53.4 Å². The number of rotatable bonds is 7. The van der Waals surface area contributed by atoms with Crippen molar-refractivity contribution < 1.29 is 14.3 Å². The molecule has 0 radical (unpaired) electrons. The van der Waals surface area contributed by atoms with E-state index in [-0.39, 0.29) is 5.78 Å². The van der Waals surface area contributed by atoms with Crippen LogP contribution >= 0.6 is 11.3 Å². The monoisotopic (exact) mass is 416 g/mol. The van der Waals surface area contributed by atoms with Crippen LogP contribution in [0.15, 0.2) is 78.3 Å². The molecule has 0 aliphatic carbocycles. The van der Waals surface area contributed by atoms with Gasteiger partial charge in [0.25, 0.3) is 0 Å². The summed E-state index contributed by atoms with van der Waals surface area (Å²) in [5.74, 6) is 1.23. The van der Waals surface area contributed by atoms with Crippen molar-refractivity contribution in [3.8, 4) is 28.4 Å². The maximum absolute atomic E-state index is 12.4. The Morgan fingerprint density at radius 3 is 2.50 bits per heavy atom. The van der Waals surface area contributed by atoms with Gasteiger partial charge in [0.1, 0.15) is 5.69 Å². The number of allylic oxidation sites excluding steroid dienone is 1. The summed E-state index contributed by atoms with van der Waals surface area (Å²) in [5.41, 5.74) is 3.38. The molecule has 4 rings (SSSR count). The first-order valence-corrected chi connectivity index (χ1v) is 10.2. The first-order valence-electron chi connectivity index (χ1n) is 9.33. The molecule has 30 heavy (non-hydrogen) atoms. The van der Waals surface area contributed by atoms with Crippen LogP contribution in [-0.2, 0) is 0 Å². The van der Waals surface area contributed by atoms with Gasteiger partial charge >= 0.3 is 0 Å². The van der Waals surface area contributed by atoms with E-state index in [1.807, 2.05) is 72.2 Å². The zero-order valence-electron chi connectivity index (χ0n) is 16.6. The van der Waals surface area contributed by atoms with E-state index in [2.05, 4.69) is 0 Å². The highest BCUT2D eigenvalue weighted by atomic mass is 32.1. The summed E-state index contributed by atoms with van der Waals surface area (Å²) in [6, 6.07) is 19.2. The summed E-state index contributed by atoms with van der Waals surface area (Å²) in [5, 5.41) is 6.68. The Bertz CT molecular complexity index is 1180. The minimum Gasteiger partial charge on any atom is -0.493 e. The molecular formula is C24H20N2O3S. The Morgan fingerprint density at radius 1 is 1.00 bits per heavy atom. The van der Waals surface area contributed by atoms with Gasteiger partial charge in [0.2, 0.25) is 0 Å². The van der Waals surface area contributed by atoms with Gasteiger partial charge in [0.15, 0.2) is 17.3 Å². The second-order valence-corrected chi connectivity index (χ2v) is 7.41. The number of methoxy groups -OCH3 is 2. The van der Waals surface area contributed by atoms with Crippen molar-refractivity contribution in [3.63, 3.8) is 0 Å². The number of benzene rings is 2. The lowest BCUT2D eigenvalue weighted by atomic mass is 10.1. The minimum absolute atomic E-state index is 0.0317. The van der Waals surface area contributed by atoms with Gasteiger partial charge in [-0.15, -0.1) is 11.3 Å². The molecule has 2 heterocycles. The molecule has 0 spiro atoms. The maximum atomic E-state index is 12.4. The van der Waals surface area contributed by atoms with Gasteiger partial charge in [-0.05, 0) is 53.9 Å². The van der Waals surface area contributed by atoms with Crippen molar-refractivity contribution in [3.05, 3.63) is 88.8 Å². The Kier molecular flexibility index (Phi) is 5.77. The average molecular weight is 417 g/mol. The summed E-state index contributed by atoms with van der Waals surface area (Å²) in [4.78, 5) is 13.2. The normalized spacial score (nSPS) is 11.0. The molecule has 0 saturated carbocycles. The quantitative estimate of drug-likeness (QED) is 0.294. The molecule has 6 heteroatoms. The van der Waals surface area contributed by atoms with Gasteiger partial charge in [0, 0.05) is 17.3 Å². The third-order valence-electron chi connectivity index (χ3n) is 4.60. The fourth-order valence-corrected chi connectivity index (χ4v) is 3.74. The molecule has 0 unspecified atom stereocenters. The SMILES string of the molecule is COc1ccc(-c2nn(-c3ccccc3)cc2/C=C/C(=O)c2cccs2)cc1OC. The van der Waals surface area contributed by atoms with Gasteiger partial charge in [-0.25, -0.2) is 4.68 Å². The first kappa shape index (κ1) is 19.7. The van der Waals surface area contributed by atoms with Gasteiger partial charge in [-0.1, -0.05) is 24.3 Å². The van der Waals surface area contributed by atoms with E-state index in [9.17, 15) is 4.79 Å². The third-order valence-corrected chi connectivity index (χ3v) is 5.48. The summed E-state index contributed by atoms with van der Waals surface area (Å²) in [7, 11) is 3.21. The maximum Gasteiger partial charge on any atom is 0.195 e. The van der Waals surface area contributed by atoms with Crippen LogP contribution in [0.5, 0.6) is 11.5 Å². The van der Waals surface area contributed by atoms with Crippen LogP contribution < -0.4 is 9.47 Å². The van der Waals surface area contributed by atoms with Crippen molar-refractivity contribution in [1.82, 2.24) is 9.78 Å². The molecule has 0 bridgehead atoms. The second-order valence-electron chi connectivity index (χ2n) is 6.46. The van der Waals surface area contributed by atoms with E-state index in [1.165, 1.54) is 11.3 Å². The number of ketones is 1. The number of ether oxygens (including phenoxy) is 2. The number of nitrogens with zero attached hydrogens (tertiary/aromatic N) is 2. The van der Waals surface area contributed by atoms with E-state index in [1.54, 1.807) is 31.1 Å². The summed E-state index contributed by atoms with van der Waals surface area (Å²) in [6.45, 7) is 0. The molecule has 0 aliphatic heterocycles. The fourth-order valence-electron chi connectivity index (χ4n) is 3.10. The van der Waals surface area contributed by atoms with Crippen LogP contribution in [0.1, 0.15) is 15.2 Å². The number of para-hydroxylation sites is 1. The van der Waals surface area contributed by atoms with Crippen LogP contribution in [0.4, 0.5) is 0 Å². The largest absolute Gasteiger partial charge is 0.493 e. The Hall–Kier alpha value is -3.64. The van der Waals surface area contributed by atoms with Crippen molar-refractivity contribution in [2.45, 2.75) is 0 Å². The molecule has 2 aromatic heterocycles. The van der Waals surface area contributed by atoms with Crippen LogP contribution in [0, 0.1) is 0 Å². The number of hydrogen-bond donors (Lipinski definition) is 0. The standard InChI is InChI=1S/C24H20N2O3S/c1-28-21-13-11-17(15-22(21)29-2)24-18(10-12-20(27)23-9-6-14-30-23)16-26(25-24)19-7-4-3-5-8-19/h3-16H,1-2H3/b12-10+. The number of carbonyl (C=O) groups is 1. The second kappa shape index (κ2) is 8.80. The van der Waals surface area contributed by atoms with Crippen molar-refractivity contribution >= 4 is 23.2 Å². The number of aromatic nitrogens is 2. The fraction of sp³-hybridized carbons (Fsp3) is 0.0833. The molecule has 0 fully saturated rings. The van der Waals surface area contributed by atoms with E-state index in [0.717, 1.165) is 22.5 Å². The summed E-state index contributed by atoms with van der Waals surface area (Å²) in [6.07, 6.45) is 5.31.